The number of carbonyl (C=O) groups excluding carboxylic acids is 1. The summed E-state index contributed by atoms with van der Waals surface area (Å²) in [6, 6.07) is 0. The Morgan fingerprint density at radius 2 is 2.29 bits per heavy atom. The summed E-state index contributed by atoms with van der Waals surface area (Å²) in [7, 11) is 0. The molecule has 0 fully saturated rings. The van der Waals surface area contributed by atoms with Crippen LogP contribution in [0.3, 0.4) is 0 Å². The van der Waals surface area contributed by atoms with Crippen LogP contribution in [0.1, 0.15) is 45.4 Å². The molecular formula is C14H22O3. The Labute approximate surface area is 103 Å². The first-order chi connectivity index (χ1) is 8.27. The molecule has 0 aromatic carbocycles. The van der Waals surface area contributed by atoms with Crippen molar-refractivity contribution in [3.63, 3.8) is 0 Å². The Kier molecular flexibility index (Phi) is 6.63. The van der Waals surface area contributed by atoms with Crippen molar-refractivity contribution in [1.29, 1.82) is 0 Å². The molecule has 1 N–H and O–H groups in total. The van der Waals surface area contributed by atoms with Crippen molar-refractivity contribution in [2.45, 2.75) is 45.4 Å². The molecule has 1 aliphatic carbocycles. The van der Waals surface area contributed by atoms with Gasteiger partial charge in [0.2, 0.25) is 0 Å². The highest BCUT2D eigenvalue weighted by Gasteiger charge is 2.15. The predicted octanol–water partition coefficient (Wildman–Crippen LogP) is 2.75. The zero-order valence-corrected chi connectivity index (χ0v) is 10.6. The van der Waals surface area contributed by atoms with Gasteiger partial charge >= 0.3 is 5.97 Å². The Morgan fingerprint density at radius 1 is 1.47 bits per heavy atom. The summed E-state index contributed by atoms with van der Waals surface area (Å²) in [5.41, 5.74) is 2.23. The molecule has 0 spiro atoms. The lowest BCUT2D eigenvalue weighted by Crippen LogP contribution is -2.12. The number of aliphatic hydroxyl groups is 1. The monoisotopic (exact) mass is 238 g/mol. The molecule has 1 rings (SSSR count). The summed E-state index contributed by atoms with van der Waals surface area (Å²) in [6.45, 7) is 2.70. The number of hydrogen-bond acceptors (Lipinski definition) is 3. The summed E-state index contributed by atoms with van der Waals surface area (Å²) in [5.74, 6) is -0.182. The van der Waals surface area contributed by atoms with E-state index in [2.05, 4.69) is 13.0 Å². The number of rotatable bonds is 6. The number of aliphatic hydroxyl groups excluding tert-OH is 1. The van der Waals surface area contributed by atoms with Gasteiger partial charge in [-0.1, -0.05) is 24.6 Å². The summed E-state index contributed by atoms with van der Waals surface area (Å²) in [5, 5.41) is 8.60. The summed E-state index contributed by atoms with van der Waals surface area (Å²) in [6.07, 6.45) is 9.36. The molecule has 1 aliphatic rings. The molecule has 0 saturated carbocycles. The minimum absolute atomic E-state index is 0.158. The Bertz CT molecular complexity index is 303. The van der Waals surface area contributed by atoms with Gasteiger partial charge in [0, 0.05) is 12.2 Å². The third-order valence-electron chi connectivity index (χ3n) is 2.87. The molecular weight excluding hydrogens is 216 g/mol. The molecule has 0 aromatic heterocycles. The third-order valence-corrected chi connectivity index (χ3v) is 2.87. The number of unbranched alkanes of at least 4 members (excludes halogenated alkanes) is 1. The van der Waals surface area contributed by atoms with Crippen molar-refractivity contribution < 1.29 is 14.6 Å². The van der Waals surface area contributed by atoms with E-state index in [1.165, 1.54) is 5.57 Å². The molecule has 0 aliphatic heterocycles. The smallest absolute Gasteiger partial charge is 0.333 e. The van der Waals surface area contributed by atoms with E-state index in [1.54, 1.807) is 0 Å². The molecule has 0 unspecified atom stereocenters. The summed E-state index contributed by atoms with van der Waals surface area (Å²) < 4.78 is 5.14. The molecule has 0 saturated heterocycles. The Hall–Kier alpha value is -1.09. The SMILES string of the molecule is CCC=C1CC=C(C(=O)OCCCCO)CC1. The highest BCUT2D eigenvalue weighted by atomic mass is 16.5. The quantitative estimate of drug-likeness (QED) is 0.439. The van der Waals surface area contributed by atoms with Crippen LogP contribution in [0.25, 0.3) is 0 Å². The van der Waals surface area contributed by atoms with E-state index in [9.17, 15) is 4.79 Å². The van der Waals surface area contributed by atoms with E-state index in [0.717, 1.165) is 37.7 Å². The van der Waals surface area contributed by atoms with Gasteiger partial charge in [-0.3, -0.25) is 0 Å². The van der Waals surface area contributed by atoms with Crippen LogP contribution < -0.4 is 0 Å². The largest absolute Gasteiger partial charge is 0.462 e. The number of ether oxygens (including phenoxy) is 1. The fraction of sp³-hybridized carbons (Fsp3) is 0.643. The molecule has 3 nitrogen and oxygen atoms in total. The molecule has 3 heteroatoms. The van der Waals surface area contributed by atoms with Gasteiger partial charge in [-0.25, -0.2) is 4.79 Å². The molecule has 0 amide bonds. The fourth-order valence-corrected chi connectivity index (χ4v) is 1.88. The van der Waals surface area contributed by atoms with Gasteiger partial charge in [-0.2, -0.15) is 0 Å². The van der Waals surface area contributed by atoms with Crippen molar-refractivity contribution in [3.05, 3.63) is 23.3 Å². The van der Waals surface area contributed by atoms with Crippen molar-refractivity contribution in [2.24, 2.45) is 0 Å². The normalized spacial score (nSPS) is 18.0. The van der Waals surface area contributed by atoms with Crippen molar-refractivity contribution in [2.75, 3.05) is 13.2 Å². The third kappa shape index (κ3) is 5.18. The Balaban J connectivity index is 2.31. The standard InChI is InChI=1S/C14H22O3/c1-2-5-12-6-8-13(9-7-12)14(16)17-11-4-3-10-15/h5,8,15H,2-4,6-7,9-11H2,1H3. The number of hydrogen-bond donors (Lipinski definition) is 1. The summed E-state index contributed by atoms with van der Waals surface area (Å²) >= 11 is 0. The second-order valence-corrected chi connectivity index (χ2v) is 4.27. The average molecular weight is 238 g/mol. The van der Waals surface area contributed by atoms with Crippen molar-refractivity contribution >= 4 is 5.97 Å². The molecule has 17 heavy (non-hydrogen) atoms. The molecule has 0 aromatic rings. The lowest BCUT2D eigenvalue weighted by atomic mass is 9.94. The first-order valence-electron chi connectivity index (χ1n) is 6.42. The van der Waals surface area contributed by atoms with Crippen LogP contribution in [-0.2, 0) is 9.53 Å². The van der Waals surface area contributed by atoms with Gasteiger partial charge in [-0.05, 0) is 38.5 Å². The van der Waals surface area contributed by atoms with E-state index in [0.29, 0.717) is 13.0 Å². The van der Waals surface area contributed by atoms with Crippen LogP contribution in [-0.4, -0.2) is 24.3 Å². The summed E-state index contributed by atoms with van der Waals surface area (Å²) in [4.78, 5) is 11.7. The lowest BCUT2D eigenvalue weighted by molar-refractivity contribution is -0.139. The average Bonchev–Trinajstić information content (AvgIpc) is 2.36. The van der Waals surface area contributed by atoms with E-state index in [-0.39, 0.29) is 12.6 Å². The second kappa shape index (κ2) is 8.07. The number of esters is 1. The van der Waals surface area contributed by atoms with Gasteiger partial charge in [0.25, 0.3) is 0 Å². The molecule has 0 radical (unpaired) electrons. The van der Waals surface area contributed by atoms with Gasteiger partial charge in [0.1, 0.15) is 0 Å². The van der Waals surface area contributed by atoms with Gasteiger partial charge in [-0.15, -0.1) is 0 Å². The maximum atomic E-state index is 11.7. The van der Waals surface area contributed by atoms with E-state index in [1.807, 2.05) is 6.08 Å². The maximum Gasteiger partial charge on any atom is 0.333 e. The van der Waals surface area contributed by atoms with Crippen LogP contribution in [0, 0.1) is 0 Å². The van der Waals surface area contributed by atoms with Crippen molar-refractivity contribution in [3.8, 4) is 0 Å². The van der Waals surface area contributed by atoms with Crippen LogP contribution in [0.2, 0.25) is 0 Å². The van der Waals surface area contributed by atoms with Crippen molar-refractivity contribution in [1.82, 2.24) is 0 Å². The van der Waals surface area contributed by atoms with Gasteiger partial charge < -0.3 is 9.84 Å². The minimum atomic E-state index is -0.182. The number of allylic oxidation sites excluding steroid dienone is 3. The van der Waals surface area contributed by atoms with Crippen LogP contribution >= 0.6 is 0 Å². The van der Waals surface area contributed by atoms with E-state index in [4.69, 9.17) is 9.84 Å². The van der Waals surface area contributed by atoms with Crippen LogP contribution in [0.5, 0.6) is 0 Å². The van der Waals surface area contributed by atoms with Crippen LogP contribution in [0.15, 0.2) is 23.3 Å². The first kappa shape index (κ1) is 14.0. The first-order valence-corrected chi connectivity index (χ1v) is 6.42. The molecule has 0 atom stereocenters. The number of carbonyl (C=O) groups is 1. The topological polar surface area (TPSA) is 46.5 Å². The van der Waals surface area contributed by atoms with Gasteiger partial charge in [0.15, 0.2) is 0 Å². The second-order valence-electron chi connectivity index (χ2n) is 4.27. The highest BCUT2D eigenvalue weighted by molar-refractivity contribution is 5.88. The fourth-order valence-electron chi connectivity index (χ4n) is 1.88. The van der Waals surface area contributed by atoms with Gasteiger partial charge in [0.05, 0.1) is 6.61 Å². The Morgan fingerprint density at radius 3 is 2.88 bits per heavy atom. The molecule has 96 valence electrons. The van der Waals surface area contributed by atoms with Crippen LogP contribution in [0.4, 0.5) is 0 Å². The van der Waals surface area contributed by atoms with E-state index < -0.39 is 0 Å². The molecule has 0 heterocycles. The highest BCUT2D eigenvalue weighted by Crippen LogP contribution is 2.23. The predicted molar refractivity (Wildman–Crippen MR) is 67.6 cm³/mol. The molecule has 0 bridgehead atoms. The van der Waals surface area contributed by atoms with E-state index >= 15 is 0 Å². The zero-order chi connectivity index (χ0) is 12.5. The zero-order valence-electron chi connectivity index (χ0n) is 10.6. The lowest BCUT2D eigenvalue weighted by Gasteiger charge is -2.14. The minimum Gasteiger partial charge on any atom is -0.462 e. The maximum absolute atomic E-state index is 11.7.